The molecule has 0 spiro atoms. The van der Waals surface area contributed by atoms with Crippen LogP contribution in [-0.4, -0.2) is 35.5 Å². The van der Waals surface area contributed by atoms with Gasteiger partial charge in [-0.15, -0.1) is 0 Å². The number of nitrogens with one attached hydrogen (secondary N) is 1. The van der Waals surface area contributed by atoms with Gasteiger partial charge in [0.15, 0.2) is 0 Å². The van der Waals surface area contributed by atoms with Gasteiger partial charge in [0, 0.05) is 6.54 Å². The van der Waals surface area contributed by atoms with Gasteiger partial charge >= 0.3 is 6.03 Å². The first-order chi connectivity index (χ1) is 6.09. The summed E-state index contributed by atoms with van der Waals surface area (Å²) in [7, 11) is 0. The van der Waals surface area contributed by atoms with Gasteiger partial charge in [-0.25, -0.2) is 4.79 Å². The fourth-order valence-electron chi connectivity index (χ4n) is 1.93. The molecule has 0 aromatic carbocycles. The summed E-state index contributed by atoms with van der Waals surface area (Å²) >= 11 is 0. The minimum Gasteiger partial charge on any atom is -0.368 e. The lowest BCUT2D eigenvalue weighted by molar-refractivity contribution is -0.121. The highest BCUT2D eigenvalue weighted by Gasteiger charge is 2.40. The molecule has 3 amide bonds. The largest absolute Gasteiger partial charge is 0.368 e. The van der Waals surface area contributed by atoms with Gasteiger partial charge in [-0.05, 0) is 12.5 Å². The third-order valence-corrected chi connectivity index (χ3v) is 2.44. The second kappa shape index (κ2) is 2.48. The molecule has 0 aromatic rings. The number of carbonyl (C=O) groups is 2. The van der Waals surface area contributed by atoms with Crippen molar-refractivity contribution in [1.29, 1.82) is 0 Å². The van der Waals surface area contributed by atoms with Crippen LogP contribution < -0.4 is 11.1 Å². The fraction of sp³-hybridized carbons (Fsp3) is 0.500. The van der Waals surface area contributed by atoms with Crippen molar-refractivity contribution >= 4 is 11.9 Å². The number of nitrogens with zero attached hydrogens (tertiary/aromatic N) is 1. The van der Waals surface area contributed by atoms with Crippen molar-refractivity contribution in [2.75, 3.05) is 6.54 Å². The molecule has 0 aliphatic carbocycles. The van der Waals surface area contributed by atoms with Gasteiger partial charge in [-0.3, -0.25) is 4.79 Å². The van der Waals surface area contributed by atoms with Gasteiger partial charge in [0.1, 0.15) is 6.04 Å². The van der Waals surface area contributed by atoms with Crippen LogP contribution in [-0.2, 0) is 4.79 Å². The molecule has 0 saturated carbocycles. The summed E-state index contributed by atoms with van der Waals surface area (Å²) in [4.78, 5) is 23.8. The molecule has 5 heteroatoms. The van der Waals surface area contributed by atoms with E-state index in [2.05, 4.69) is 5.32 Å². The molecule has 0 aromatic heterocycles. The van der Waals surface area contributed by atoms with E-state index in [9.17, 15) is 9.59 Å². The number of fused-ring (bicyclic) bond motifs is 2. The van der Waals surface area contributed by atoms with Gasteiger partial charge in [0.05, 0.1) is 6.04 Å². The number of hydrogen-bond acceptors (Lipinski definition) is 2. The Balaban J connectivity index is 2.36. The van der Waals surface area contributed by atoms with E-state index in [-0.39, 0.29) is 12.1 Å². The maximum atomic E-state index is 11.3. The highest BCUT2D eigenvalue weighted by Crippen LogP contribution is 2.22. The van der Waals surface area contributed by atoms with Gasteiger partial charge in [0.2, 0.25) is 5.91 Å². The number of urea groups is 1. The molecule has 13 heavy (non-hydrogen) atoms. The van der Waals surface area contributed by atoms with Crippen molar-refractivity contribution in [3.05, 3.63) is 11.6 Å². The standard InChI is InChI=1S/C8H11N3O2/c1-4-2-5-3-11(8(13)10-5)6(4)7(9)12/h2,5-6H,3H2,1H3,(H2,9,12)(H,10,13). The highest BCUT2D eigenvalue weighted by molar-refractivity contribution is 5.90. The maximum absolute atomic E-state index is 11.3. The number of amides is 3. The van der Waals surface area contributed by atoms with Crippen molar-refractivity contribution < 1.29 is 9.59 Å². The Morgan fingerprint density at radius 2 is 2.46 bits per heavy atom. The molecule has 2 unspecified atom stereocenters. The summed E-state index contributed by atoms with van der Waals surface area (Å²) in [6.07, 6.45) is 1.89. The van der Waals surface area contributed by atoms with Crippen LogP contribution in [0.25, 0.3) is 0 Å². The summed E-state index contributed by atoms with van der Waals surface area (Å²) in [6, 6.07) is -0.719. The molecular formula is C8H11N3O2. The minimum atomic E-state index is -0.557. The van der Waals surface area contributed by atoms with Gasteiger partial charge in [-0.2, -0.15) is 0 Å². The van der Waals surface area contributed by atoms with E-state index in [1.165, 1.54) is 4.90 Å². The van der Waals surface area contributed by atoms with Crippen molar-refractivity contribution in [3.63, 3.8) is 0 Å². The van der Waals surface area contributed by atoms with Gasteiger partial charge < -0.3 is 16.0 Å². The lowest BCUT2D eigenvalue weighted by atomic mass is 10.0. The zero-order chi connectivity index (χ0) is 9.59. The first kappa shape index (κ1) is 8.10. The van der Waals surface area contributed by atoms with E-state index in [1.807, 2.05) is 13.0 Å². The number of hydrogen-bond donors (Lipinski definition) is 2. The van der Waals surface area contributed by atoms with Crippen LogP contribution in [0, 0.1) is 0 Å². The van der Waals surface area contributed by atoms with Crippen molar-refractivity contribution in [2.24, 2.45) is 5.73 Å². The van der Waals surface area contributed by atoms with Crippen LogP contribution >= 0.6 is 0 Å². The molecule has 5 nitrogen and oxygen atoms in total. The molecule has 2 aliphatic heterocycles. The van der Waals surface area contributed by atoms with Crippen LogP contribution in [0.5, 0.6) is 0 Å². The Morgan fingerprint density at radius 1 is 1.77 bits per heavy atom. The average Bonchev–Trinajstić information content (AvgIpc) is 2.27. The SMILES string of the molecule is CC1=CC2CN(C(=O)N2)C1C(N)=O. The van der Waals surface area contributed by atoms with Crippen LogP contribution in [0.2, 0.25) is 0 Å². The van der Waals surface area contributed by atoms with Crippen LogP contribution in [0.4, 0.5) is 4.79 Å². The molecule has 2 rings (SSSR count). The molecule has 1 saturated heterocycles. The molecular weight excluding hydrogens is 170 g/mol. The summed E-state index contributed by atoms with van der Waals surface area (Å²) in [5.74, 6) is -0.468. The Labute approximate surface area is 75.6 Å². The predicted molar refractivity (Wildman–Crippen MR) is 45.8 cm³/mol. The first-order valence-corrected chi connectivity index (χ1v) is 4.14. The minimum absolute atomic E-state index is 0.0445. The Hall–Kier alpha value is -1.52. The Kier molecular flexibility index (Phi) is 1.55. The first-order valence-electron chi connectivity index (χ1n) is 4.14. The number of nitrogens with two attached hydrogens (primary N) is 1. The van der Waals surface area contributed by atoms with E-state index >= 15 is 0 Å². The fourth-order valence-corrected chi connectivity index (χ4v) is 1.93. The smallest absolute Gasteiger partial charge is 0.318 e. The number of carbonyl (C=O) groups excluding carboxylic acids is 2. The summed E-state index contributed by atoms with van der Waals surface area (Å²) in [6.45, 7) is 2.36. The lowest BCUT2D eigenvalue weighted by Crippen LogP contribution is -2.48. The number of rotatable bonds is 1. The van der Waals surface area contributed by atoms with Crippen LogP contribution in [0.1, 0.15) is 6.92 Å². The lowest BCUT2D eigenvalue weighted by Gasteiger charge is -2.27. The van der Waals surface area contributed by atoms with E-state index < -0.39 is 11.9 Å². The zero-order valence-corrected chi connectivity index (χ0v) is 7.28. The normalized spacial score (nSPS) is 31.3. The second-order valence-electron chi connectivity index (χ2n) is 3.42. The van der Waals surface area contributed by atoms with Gasteiger partial charge in [0.25, 0.3) is 0 Å². The predicted octanol–water partition coefficient (Wildman–Crippen LogP) is -0.806. The van der Waals surface area contributed by atoms with E-state index in [0.717, 1.165) is 5.57 Å². The maximum Gasteiger partial charge on any atom is 0.318 e. The molecule has 2 atom stereocenters. The van der Waals surface area contributed by atoms with Crippen LogP contribution in [0.15, 0.2) is 11.6 Å². The van der Waals surface area contributed by atoms with Crippen molar-refractivity contribution in [1.82, 2.24) is 10.2 Å². The topological polar surface area (TPSA) is 75.4 Å². The quantitative estimate of drug-likeness (QED) is 0.519. The molecule has 2 bridgehead atoms. The molecule has 3 N–H and O–H groups in total. The van der Waals surface area contributed by atoms with Gasteiger partial charge in [-0.1, -0.05) is 6.08 Å². The van der Waals surface area contributed by atoms with E-state index in [0.29, 0.717) is 6.54 Å². The number of primary amides is 1. The molecule has 0 radical (unpaired) electrons. The third kappa shape index (κ3) is 1.07. The molecule has 2 aliphatic rings. The molecule has 2 heterocycles. The monoisotopic (exact) mass is 181 g/mol. The second-order valence-corrected chi connectivity index (χ2v) is 3.42. The van der Waals surface area contributed by atoms with Crippen molar-refractivity contribution in [3.8, 4) is 0 Å². The zero-order valence-electron chi connectivity index (χ0n) is 7.28. The summed E-state index contributed by atoms with van der Waals surface area (Å²) in [5.41, 5.74) is 6.05. The molecule has 70 valence electrons. The summed E-state index contributed by atoms with van der Waals surface area (Å²) in [5, 5.41) is 2.73. The molecule has 1 fully saturated rings. The van der Waals surface area contributed by atoms with Crippen molar-refractivity contribution in [2.45, 2.75) is 19.0 Å². The Morgan fingerprint density at radius 3 is 3.08 bits per heavy atom. The van der Waals surface area contributed by atoms with Crippen LogP contribution in [0.3, 0.4) is 0 Å². The highest BCUT2D eigenvalue weighted by atomic mass is 16.2. The van der Waals surface area contributed by atoms with E-state index in [1.54, 1.807) is 0 Å². The third-order valence-electron chi connectivity index (χ3n) is 2.44. The summed E-state index contributed by atoms with van der Waals surface area (Å²) < 4.78 is 0. The Bertz CT molecular complexity index is 311. The van der Waals surface area contributed by atoms with E-state index in [4.69, 9.17) is 5.73 Å². The average molecular weight is 181 g/mol.